The summed E-state index contributed by atoms with van der Waals surface area (Å²) in [5, 5.41) is 0. The lowest BCUT2D eigenvalue weighted by Gasteiger charge is -2.12. The van der Waals surface area contributed by atoms with Crippen molar-refractivity contribution in [3.05, 3.63) is 47.6 Å². The lowest BCUT2D eigenvalue weighted by molar-refractivity contribution is -0.0461. The molecule has 28 heavy (non-hydrogen) atoms. The molecule has 0 amide bonds. The number of hydrogen-bond donors (Lipinski definition) is 0. The van der Waals surface area contributed by atoms with Crippen LogP contribution in [0.15, 0.2) is 42.0 Å². The summed E-state index contributed by atoms with van der Waals surface area (Å²) >= 11 is 0. The zero-order chi connectivity index (χ0) is 20.2. The molecule has 0 N–H and O–H groups in total. The highest BCUT2D eigenvalue weighted by Gasteiger charge is 2.15. The summed E-state index contributed by atoms with van der Waals surface area (Å²) in [5.41, 5.74) is 2.36. The van der Waals surface area contributed by atoms with Crippen LogP contribution in [0.2, 0.25) is 0 Å². The van der Waals surface area contributed by atoms with Crippen LogP contribution in [0.3, 0.4) is 0 Å². The first-order valence-electron chi connectivity index (χ1n) is 9.70. The van der Waals surface area contributed by atoms with Gasteiger partial charge in [-0.1, -0.05) is 36.0 Å². The molecule has 1 fully saturated rings. The first kappa shape index (κ1) is 22.1. The maximum Gasteiger partial charge on any atom is 0.203 e. The summed E-state index contributed by atoms with van der Waals surface area (Å²) < 4.78 is 27.0. The Balaban J connectivity index is 1.77. The highest BCUT2D eigenvalue weighted by molar-refractivity contribution is 5.62. The molecule has 0 saturated carbocycles. The van der Waals surface area contributed by atoms with Crippen LogP contribution in [0.5, 0.6) is 17.2 Å². The first-order chi connectivity index (χ1) is 13.7. The van der Waals surface area contributed by atoms with Crippen molar-refractivity contribution in [3.8, 4) is 17.2 Å². The molecule has 1 aliphatic heterocycles. The van der Waals surface area contributed by atoms with Gasteiger partial charge in [-0.3, -0.25) is 0 Å². The average Bonchev–Trinajstić information content (AvgIpc) is 3.24. The minimum Gasteiger partial charge on any atom is -0.493 e. The van der Waals surface area contributed by atoms with Crippen LogP contribution in [0, 0.1) is 0 Å². The summed E-state index contributed by atoms with van der Waals surface area (Å²) in [5.74, 6) is 1.93. The molecule has 0 bridgehead atoms. The Kier molecular flexibility index (Phi) is 9.66. The standard InChI is InChI=1S/C23H32O5/c1-18(12-13-22-27-14-15-28-22)10-8-6-5-7-9-11-19-16-20(24-2)23(26-4)21(17-19)25-3/h6,8-11,16-17,22H,5,7,12-15H2,1-4H3. The van der Waals surface area contributed by atoms with Gasteiger partial charge in [0.25, 0.3) is 0 Å². The van der Waals surface area contributed by atoms with E-state index in [-0.39, 0.29) is 6.29 Å². The molecule has 5 nitrogen and oxygen atoms in total. The second kappa shape index (κ2) is 12.3. The second-order valence-electron chi connectivity index (χ2n) is 6.59. The van der Waals surface area contributed by atoms with Gasteiger partial charge in [0, 0.05) is 6.42 Å². The molecule has 0 unspecified atom stereocenters. The van der Waals surface area contributed by atoms with Crippen LogP contribution in [-0.2, 0) is 9.47 Å². The molecule has 1 heterocycles. The number of hydrogen-bond acceptors (Lipinski definition) is 5. The fourth-order valence-corrected chi connectivity index (χ4v) is 2.94. The summed E-state index contributed by atoms with van der Waals surface area (Å²) in [4.78, 5) is 0. The van der Waals surface area contributed by atoms with Gasteiger partial charge in [-0.25, -0.2) is 0 Å². The molecule has 0 aromatic heterocycles. The Morgan fingerprint density at radius 3 is 2.25 bits per heavy atom. The maximum atomic E-state index is 5.45. The third-order valence-corrected chi connectivity index (χ3v) is 4.48. The number of unbranched alkanes of at least 4 members (excludes halogenated alkanes) is 1. The number of benzene rings is 1. The maximum absolute atomic E-state index is 5.45. The molecular formula is C23H32O5. The Morgan fingerprint density at radius 2 is 1.64 bits per heavy atom. The van der Waals surface area contributed by atoms with Gasteiger partial charge in [0.1, 0.15) is 0 Å². The first-order valence-corrected chi connectivity index (χ1v) is 9.70. The van der Waals surface area contributed by atoms with Gasteiger partial charge in [0.15, 0.2) is 17.8 Å². The van der Waals surface area contributed by atoms with E-state index in [1.165, 1.54) is 5.57 Å². The van der Waals surface area contributed by atoms with Crippen molar-refractivity contribution in [1.29, 1.82) is 0 Å². The molecule has 0 radical (unpaired) electrons. The monoisotopic (exact) mass is 388 g/mol. The smallest absolute Gasteiger partial charge is 0.203 e. The van der Waals surface area contributed by atoms with Crippen molar-refractivity contribution >= 4 is 6.08 Å². The average molecular weight is 389 g/mol. The van der Waals surface area contributed by atoms with Crippen molar-refractivity contribution < 1.29 is 23.7 Å². The van der Waals surface area contributed by atoms with Crippen LogP contribution in [-0.4, -0.2) is 40.8 Å². The van der Waals surface area contributed by atoms with Crippen molar-refractivity contribution in [3.63, 3.8) is 0 Å². The van der Waals surface area contributed by atoms with E-state index in [0.29, 0.717) is 17.2 Å². The van der Waals surface area contributed by atoms with E-state index in [2.05, 4.69) is 37.3 Å². The van der Waals surface area contributed by atoms with Crippen LogP contribution >= 0.6 is 0 Å². The van der Waals surface area contributed by atoms with E-state index < -0.39 is 0 Å². The van der Waals surface area contributed by atoms with Gasteiger partial charge in [0.2, 0.25) is 5.75 Å². The molecule has 1 aromatic carbocycles. The Labute approximate surface area is 168 Å². The second-order valence-corrected chi connectivity index (χ2v) is 6.59. The van der Waals surface area contributed by atoms with Crippen molar-refractivity contribution in [2.24, 2.45) is 0 Å². The van der Waals surface area contributed by atoms with E-state index in [9.17, 15) is 0 Å². The van der Waals surface area contributed by atoms with Crippen LogP contribution in [0.4, 0.5) is 0 Å². The number of rotatable bonds is 11. The normalized spacial score (nSPS) is 15.6. The molecule has 5 heteroatoms. The lowest BCUT2D eigenvalue weighted by Crippen LogP contribution is -2.06. The van der Waals surface area contributed by atoms with E-state index in [4.69, 9.17) is 23.7 Å². The minimum absolute atomic E-state index is 0.0207. The van der Waals surface area contributed by atoms with Crippen LogP contribution in [0.25, 0.3) is 6.08 Å². The molecule has 0 spiro atoms. The van der Waals surface area contributed by atoms with Crippen LogP contribution < -0.4 is 14.2 Å². The fourth-order valence-electron chi connectivity index (χ4n) is 2.94. The number of ether oxygens (including phenoxy) is 5. The predicted molar refractivity (Wildman–Crippen MR) is 112 cm³/mol. The largest absolute Gasteiger partial charge is 0.493 e. The van der Waals surface area contributed by atoms with E-state index in [1.54, 1.807) is 21.3 Å². The Morgan fingerprint density at radius 1 is 1.00 bits per heavy atom. The highest BCUT2D eigenvalue weighted by atomic mass is 16.7. The van der Waals surface area contributed by atoms with Crippen molar-refractivity contribution in [2.45, 2.75) is 38.9 Å². The van der Waals surface area contributed by atoms with Gasteiger partial charge in [-0.15, -0.1) is 0 Å². The van der Waals surface area contributed by atoms with E-state index in [0.717, 1.165) is 44.5 Å². The summed E-state index contributed by atoms with van der Waals surface area (Å²) in [7, 11) is 4.85. The molecule has 0 aliphatic carbocycles. The van der Waals surface area contributed by atoms with Crippen molar-refractivity contribution in [2.75, 3.05) is 34.5 Å². The molecule has 2 rings (SSSR count). The Bertz CT molecular complexity index is 659. The number of allylic oxidation sites excluding steroid dienone is 5. The van der Waals surface area contributed by atoms with Gasteiger partial charge in [-0.2, -0.15) is 0 Å². The topological polar surface area (TPSA) is 46.2 Å². The summed E-state index contributed by atoms with van der Waals surface area (Å²) in [6.45, 7) is 3.58. The van der Waals surface area contributed by atoms with Crippen molar-refractivity contribution in [1.82, 2.24) is 0 Å². The molecule has 1 aromatic rings. The summed E-state index contributed by atoms with van der Waals surface area (Å²) in [6, 6.07) is 3.88. The quantitative estimate of drug-likeness (QED) is 0.387. The minimum atomic E-state index is -0.0207. The lowest BCUT2D eigenvalue weighted by atomic mass is 10.1. The van der Waals surface area contributed by atoms with E-state index in [1.807, 2.05) is 12.1 Å². The Hall–Kier alpha value is -2.24. The predicted octanol–water partition coefficient (Wildman–Crippen LogP) is 5.16. The fraction of sp³-hybridized carbons (Fsp3) is 0.478. The number of methoxy groups -OCH3 is 3. The van der Waals surface area contributed by atoms with Gasteiger partial charge >= 0.3 is 0 Å². The zero-order valence-electron chi connectivity index (χ0n) is 17.4. The molecule has 1 aliphatic rings. The molecule has 0 atom stereocenters. The van der Waals surface area contributed by atoms with Gasteiger partial charge in [0.05, 0.1) is 34.5 Å². The molecule has 154 valence electrons. The summed E-state index contributed by atoms with van der Waals surface area (Å²) in [6.07, 6.45) is 14.5. The highest BCUT2D eigenvalue weighted by Crippen LogP contribution is 2.38. The third-order valence-electron chi connectivity index (χ3n) is 4.48. The SMILES string of the molecule is COc1cc(C=CCCC=CC=C(C)CCC2OCCO2)cc(OC)c1OC. The molecular weight excluding hydrogens is 356 g/mol. The third kappa shape index (κ3) is 7.06. The molecule has 1 saturated heterocycles. The van der Waals surface area contributed by atoms with Gasteiger partial charge < -0.3 is 23.7 Å². The zero-order valence-corrected chi connectivity index (χ0v) is 17.4. The van der Waals surface area contributed by atoms with E-state index >= 15 is 0 Å². The van der Waals surface area contributed by atoms with Gasteiger partial charge in [-0.05, 0) is 43.9 Å². The van der Waals surface area contributed by atoms with Crippen LogP contribution in [0.1, 0.15) is 38.2 Å².